The first-order chi connectivity index (χ1) is 7.44. The van der Waals surface area contributed by atoms with Crippen molar-refractivity contribution < 1.29 is 9.47 Å². The molecule has 0 aromatic rings. The summed E-state index contributed by atoms with van der Waals surface area (Å²) in [6, 6.07) is 0. The Morgan fingerprint density at radius 2 is 1.88 bits per heavy atom. The van der Waals surface area contributed by atoms with Gasteiger partial charge in [-0.1, -0.05) is 27.7 Å². The van der Waals surface area contributed by atoms with Crippen LogP contribution in [0.5, 0.6) is 0 Å². The highest BCUT2D eigenvalue weighted by Gasteiger charge is 2.41. The van der Waals surface area contributed by atoms with Crippen LogP contribution in [0.15, 0.2) is 0 Å². The van der Waals surface area contributed by atoms with Crippen molar-refractivity contribution in [3.63, 3.8) is 0 Å². The Hall–Kier alpha value is 0.210. The van der Waals surface area contributed by atoms with Gasteiger partial charge in [0.1, 0.15) is 6.10 Å². The average molecular weight is 249 g/mol. The van der Waals surface area contributed by atoms with Crippen LogP contribution in [-0.2, 0) is 9.47 Å². The summed E-state index contributed by atoms with van der Waals surface area (Å²) in [7, 11) is 0. The van der Waals surface area contributed by atoms with E-state index >= 15 is 0 Å². The molecule has 2 nitrogen and oxygen atoms in total. The molecule has 16 heavy (non-hydrogen) atoms. The van der Waals surface area contributed by atoms with Crippen LogP contribution in [0.1, 0.15) is 47.0 Å². The van der Waals surface area contributed by atoms with E-state index in [2.05, 4.69) is 27.7 Å². The highest BCUT2D eigenvalue weighted by atomic mass is 35.5. The van der Waals surface area contributed by atoms with Crippen LogP contribution < -0.4 is 0 Å². The summed E-state index contributed by atoms with van der Waals surface area (Å²) in [5.41, 5.74) is 0.337. The lowest BCUT2D eigenvalue weighted by Crippen LogP contribution is -2.51. The molecule has 0 spiro atoms. The van der Waals surface area contributed by atoms with E-state index in [0.29, 0.717) is 5.41 Å². The van der Waals surface area contributed by atoms with Crippen molar-refractivity contribution in [2.45, 2.75) is 64.5 Å². The van der Waals surface area contributed by atoms with Gasteiger partial charge in [0.05, 0.1) is 11.5 Å². The molecule has 1 fully saturated rings. The number of alkyl halides is 1. The van der Waals surface area contributed by atoms with Gasteiger partial charge in [-0.25, -0.2) is 0 Å². The molecule has 0 aromatic carbocycles. The number of halogens is 1. The number of hydrogen-bond acceptors (Lipinski definition) is 2. The molecule has 3 heteroatoms. The van der Waals surface area contributed by atoms with E-state index in [-0.39, 0.29) is 17.6 Å². The lowest BCUT2D eigenvalue weighted by molar-refractivity contribution is -0.127. The Bertz CT molecular complexity index is 201. The molecule has 1 aliphatic carbocycles. The summed E-state index contributed by atoms with van der Waals surface area (Å²) in [5, 5.41) is 0.145. The quantitative estimate of drug-likeness (QED) is 0.669. The van der Waals surface area contributed by atoms with Gasteiger partial charge in [0.2, 0.25) is 0 Å². The third-order valence-electron chi connectivity index (χ3n) is 2.88. The summed E-state index contributed by atoms with van der Waals surface area (Å²) in [6.07, 6.45) is 3.38. The minimum Gasteiger partial charge on any atom is -0.375 e. The van der Waals surface area contributed by atoms with Gasteiger partial charge in [0.15, 0.2) is 0 Å². The van der Waals surface area contributed by atoms with Crippen LogP contribution in [0.25, 0.3) is 0 Å². The lowest BCUT2D eigenvalue weighted by atomic mass is 9.90. The molecule has 0 aromatic heterocycles. The van der Waals surface area contributed by atoms with Crippen LogP contribution in [0.3, 0.4) is 0 Å². The molecular weight excluding hydrogens is 224 g/mol. The van der Waals surface area contributed by atoms with E-state index < -0.39 is 0 Å². The zero-order valence-corrected chi connectivity index (χ0v) is 11.7. The molecule has 1 saturated carbocycles. The van der Waals surface area contributed by atoms with E-state index in [1.165, 1.54) is 0 Å². The van der Waals surface area contributed by atoms with Crippen molar-refractivity contribution in [2.75, 3.05) is 13.2 Å². The topological polar surface area (TPSA) is 18.5 Å². The highest BCUT2D eigenvalue weighted by Crippen LogP contribution is 2.32. The number of ether oxygens (including phenoxy) is 2. The molecule has 0 amide bonds. The molecule has 96 valence electrons. The van der Waals surface area contributed by atoms with Crippen LogP contribution in [-0.4, -0.2) is 30.8 Å². The van der Waals surface area contributed by atoms with Gasteiger partial charge in [-0.2, -0.15) is 0 Å². The van der Waals surface area contributed by atoms with Crippen LogP contribution in [0.4, 0.5) is 0 Å². The van der Waals surface area contributed by atoms with Crippen LogP contribution in [0, 0.1) is 5.41 Å². The molecule has 3 unspecified atom stereocenters. The minimum absolute atomic E-state index is 0.113. The van der Waals surface area contributed by atoms with Gasteiger partial charge >= 0.3 is 0 Å². The first-order valence-electron chi connectivity index (χ1n) is 6.31. The van der Waals surface area contributed by atoms with Crippen molar-refractivity contribution in [2.24, 2.45) is 5.41 Å². The van der Waals surface area contributed by atoms with Gasteiger partial charge in [-0.3, -0.25) is 0 Å². The number of rotatable bonds is 6. The first-order valence-corrected chi connectivity index (χ1v) is 6.75. The van der Waals surface area contributed by atoms with Crippen molar-refractivity contribution in [1.82, 2.24) is 0 Å². The van der Waals surface area contributed by atoms with Gasteiger partial charge in [0, 0.05) is 13.2 Å². The fourth-order valence-corrected chi connectivity index (χ4v) is 2.08. The smallest absolute Gasteiger partial charge is 0.100 e. The second-order valence-electron chi connectivity index (χ2n) is 5.81. The van der Waals surface area contributed by atoms with Crippen molar-refractivity contribution in [3.05, 3.63) is 0 Å². The molecule has 0 heterocycles. The van der Waals surface area contributed by atoms with Gasteiger partial charge in [-0.05, 0) is 24.7 Å². The average Bonchev–Trinajstić information content (AvgIpc) is 2.15. The summed E-state index contributed by atoms with van der Waals surface area (Å²) in [5.74, 6) is 0. The second kappa shape index (κ2) is 6.23. The van der Waals surface area contributed by atoms with E-state index in [1.807, 2.05) is 0 Å². The largest absolute Gasteiger partial charge is 0.375 e. The van der Waals surface area contributed by atoms with Gasteiger partial charge in [-0.15, -0.1) is 11.6 Å². The van der Waals surface area contributed by atoms with E-state index in [9.17, 15) is 0 Å². The van der Waals surface area contributed by atoms with Crippen LogP contribution in [0.2, 0.25) is 0 Å². The standard InChI is InChI=1S/C13H25ClO2/c1-5-7-16-12-10(14)9-11(12)15-8-6-13(2,3)4/h10-12H,5-9H2,1-4H3. The fourth-order valence-electron chi connectivity index (χ4n) is 1.67. The Kier molecular flexibility index (Phi) is 5.55. The zero-order chi connectivity index (χ0) is 12.2. The van der Waals surface area contributed by atoms with Crippen molar-refractivity contribution >= 4 is 11.6 Å². The van der Waals surface area contributed by atoms with E-state index in [4.69, 9.17) is 21.1 Å². The summed E-state index contributed by atoms with van der Waals surface area (Å²) >= 11 is 6.11. The Morgan fingerprint density at radius 3 is 2.38 bits per heavy atom. The highest BCUT2D eigenvalue weighted by molar-refractivity contribution is 6.21. The lowest BCUT2D eigenvalue weighted by Gasteiger charge is -2.40. The molecule has 0 saturated heterocycles. The molecule has 0 bridgehead atoms. The van der Waals surface area contributed by atoms with Crippen molar-refractivity contribution in [1.29, 1.82) is 0 Å². The normalized spacial score (nSPS) is 30.2. The van der Waals surface area contributed by atoms with Crippen molar-refractivity contribution in [3.8, 4) is 0 Å². The molecule has 1 rings (SSSR count). The SMILES string of the molecule is CCCOC1C(Cl)CC1OCCC(C)(C)C. The Balaban J connectivity index is 2.17. The molecule has 1 aliphatic rings. The number of hydrogen-bond donors (Lipinski definition) is 0. The van der Waals surface area contributed by atoms with Gasteiger partial charge in [0.25, 0.3) is 0 Å². The summed E-state index contributed by atoms with van der Waals surface area (Å²) in [6.45, 7) is 10.4. The molecule has 0 aliphatic heterocycles. The second-order valence-corrected chi connectivity index (χ2v) is 6.37. The zero-order valence-electron chi connectivity index (χ0n) is 11.0. The maximum Gasteiger partial charge on any atom is 0.100 e. The monoisotopic (exact) mass is 248 g/mol. The third-order valence-corrected chi connectivity index (χ3v) is 3.31. The van der Waals surface area contributed by atoms with E-state index in [0.717, 1.165) is 32.5 Å². The van der Waals surface area contributed by atoms with E-state index in [1.54, 1.807) is 0 Å². The predicted molar refractivity (Wildman–Crippen MR) is 68.1 cm³/mol. The Morgan fingerprint density at radius 1 is 1.19 bits per heavy atom. The molecule has 0 N–H and O–H groups in total. The third kappa shape index (κ3) is 4.60. The predicted octanol–water partition coefficient (Wildman–Crippen LogP) is 3.61. The molecule has 3 atom stereocenters. The maximum absolute atomic E-state index is 6.11. The fraction of sp³-hybridized carbons (Fsp3) is 1.00. The van der Waals surface area contributed by atoms with Gasteiger partial charge < -0.3 is 9.47 Å². The summed E-state index contributed by atoms with van der Waals surface area (Å²) in [4.78, 5) is 0. The first kappa shape index (κ1) is 14.3. The summed E-state index contributed by atoms with van der Waals surface area (Å²) < 4.78 is 11.5. The minimum atomic E-state index is 0.113. The maximum atomic E-state index is 6.11. The van der Waals surface area contributed by atoms with Crippen LogP contribution >= 0.6 is 11.6 Å². The molecular formula is C13H25ClO2. The molecule has 0 radical (unpaired) electrons. The Labute approximate surface area is 105 Å².